The van der Waals surface area contributed by atoms with Crippen LogP contribution in [0, 0.1) is 0 Å². The molecule has 0 radical (unpaired) electrons. The van der Waals surface area contributed by atoms with Crippen LogP contribution < -0.4 is 10.1 Å². The Labute approximate surface area is 150 Å². The minimum atomic E-state index is -3.63. The zero-order valence-electron chi connectivity index (χ0n) is 12.8. The number of hydrogen-bond donors (Lipinski definition) is 1. The number of hydrogen-bond acceptors (Lipinski definition) is 4. The van der Waals surface area contributed by atoms with Gasteiger partial charge in [-0.25, -0.2) is 8.42 Å². The lowest BCUT2D eigenvalue weighted by molar-refractivity contribution is -0.113. The van der Waals surface area contributed by atoms with Crippen LogP contribution in [-0.2, 0) is 20.4 Å². The van der Waals surface area contributed by atoms with Crippen LogP contribution >= 0.6 is 23.2 Å². The Bertz CT molecular complexity index is 836. The van der Waals surface area contributed by atoms with Crippen molar-refractivity contribution in [1.29, 1.82) is 0 Å². The van der Waals surface area contributed by atoms with Crippen LogP contribution in [-0.4, -0.2) is 27.2 Å². The van der Waals surface area contributed by atoms with Crippen molar-refractivity contribution in [3.63, 3.8) is 0 Å². The monoisotopic (exact) mass is 387 g/mol. The average molecular weight is 388 g/mol. The number of ether oxygens (including phenoxy) is 1. The third-order valence-corrected chi connectivity index (χ3v) is 5.05. The highest BCUT2D eigenvalue weighted by atomic mass is 35.5. The molecule has 5 nitrogen and oxygen atoms in total. The van der Waals surface area contributed by atoms with Gasteiger partial charge in [0.1, 0.15) is 11.5 Å². The fraction of sp³-hybridized carbons (Fsp3) is 0.188. The van der Waals surface area contributed by atoms with Crippen LogP contribution in [0.2, 0.25) is 10.0 Å². The number of carbonyl (C=O) groups excluding carboxylic acids is 1. The maximum Gasteiger partial charge on any atom is 0.239 e. The quantitative estimate of drug-likeness (QED) is 0.822. The van der Waals surface area contributed by atoms with Crippen LogP contribution in [0.3, 0.4) is 0 Å². The predicted octanol–water partition coefficient (Wildman–Crippen LogP) is 3.56. The highest BCUT2D eigenvalue weighted by molar-refractivity contribution is 7.91. The standard InChI is InChI=1S/C16H15Cl2NO4S/c1-23-15-7-6-13(18)8-14(15)19-16(20)10-24(21,22)9-11-2-4-12(17)5-3-11/h2-8H,9-10H2,1H3,(H,19,20). The van der Waals surface area contributed by atoms with E-state index in [9.17, 15) is 13.2 Å². The summed E-state index contributed by atoms with van der Waals surface area (Å²) in [4.78, 5) is 12.0. The second kappa shape index (κ2) is 7.88. The Balaban J connectivity index is 2.05. The first kappa shape index (κ1) is 18.6. The molecule has 0 saturated carbocycles. The molecule has 1 amide bonds. The summed E-state index contributed by atoms with van der Waals surface area (Å²) in [7, 11) is -2.18. The lowest BCUT2D eigenvalue weighted by Crippen LogP contribution is -2.24. The maximum absolute atomic E-state index is 12.2. The lowest BCUT2D eigenvalue weighted by Gasteiger charge is -2.11. The summed E-state index contributed by atoms with van der Waals surface area (Å²) in [5.74, 6) is -1.16. The van der Waals surface area contributed by atoms with Gasteiger partial charge in [-0.3, -0.25) is 4.79 Å². The van der Waals surface area contributed by atoms with Crippen molar-refractivity contribution in [2.75, 3.05) is 18.2 Å². The molecule has 24 heavy (non-hydrogen) atoms. The molecule has 0 atom stereocenters. The van der Waals surface area contributed by atoms with Gasteiger partial charge in [-0.1, -0.05) is 35.3 Å². The molecular weight excluding hydrogens is 373 g/mol. The van der Waals surface area contributed by atoms with Crippen molar-refractivity contribution in [1.82, 2.24) is 0 Å². The number of nitrogens with one attached hydrogen (secondary N) is 1. The van der Waals surface area contributed by atoms with E-state index in [1.54, 1.807) is 36.4 Å². The molecule has 0 aliphatic heterocycles. The van der Waals surface area contributed by atoms with Crippen molar-refractivity contribution >= 4 is 44.6 Å². The number of rotatable bonds is 6. The molecule has 0 heterocycles. The molecule has 0 aliphatic carbocycles. The molecule has 0 unspecified atom stereocenters. The van der Waals surface area contributed by atoms with Crippen LogP contribution in [0.25, 0.3) is 0 Å². The number of methoxy groups -OCH3 is 1. The first-order valence-corrected chi connectivity index (χ1v) is 9.45. The van der Waals surface area contributed by atoms with Crippen LogP contribution in [0.1, 0.15) is 5.56 Å². The number of carbonyl (C=O) groups is 1. The Kier molecular flexibility index (Phi) is 6.10. The molecule has 0 fully saturated rings. The smallest absolute Gasteiger partial charge is 0.239 e. The first-order chi connectivity index (χ1) is 11.3. The molecule has 2 rings (SSSR count). The molecule has 2 aromatic rings. The number of sulfone groups is 1. The van der Waals surface area contributed by atoms with Gasteiger partial charge in [-0.15, -0.1) is 0 Å². The van der Waals surface area contributed by atoms with Gasteiger partial charge in [-0.2, -0.15) is 0 Å². The molecule has 0 aromatic heterocycles. The van der Waals surface area contributed by atoms with Crippen molar-refractivity contribution in [3.05, 3.63) is 58.1 Å². The molecule has 0 spiro atoms. The summed E-state index contributed by atoms with van der Waals surface area (Å²) in [6.07, 6.45) is 0. The van der Waals surface area contributed by atoms with E-state index < -0.39 is 21.5 Å². The highest BCUT2D eigenvalue weighted by Crippen LogP contribution is 2.27. The molecule has 0 saturated heterocycles. The number of amides is 1. The summed E-state index contributed by atoms with van der Waals surface area (Å²) in [5, 5.41) is 3.42. The van der Waals surface area contributed by atoms with Gasteiger partial charge < -0.3 is 10.1 Å². The summed E-state index contributed by atoms with van der Waals surface area (Å²) < 4.78 is 29.4. The van der Waals surface area contributed by atoms with Gasteiger partial charge in [-0.05, 0) is 35.9 Å². The zero-order chi connectivity index (χ0) is 17.7. The van der Waals surface area contributed by atoms with E-state index >= 15 is 0 Å². The second-order valence-electron chi connectivity index (χ2n) is 5.05. The van der Waals surface area contributed by atoms with Crippen LogP contribution in [0.5, 0.6) is 5.75 Å². The minimum absolute atomic E-state index is 0.246. The summed E-state index contributed by atoms with van der Waals surface area (Å²) >= 11 is 11.6. The van der Waals surface area contributed by atoms with Crippen molar-refractivity contribution in [2.24, 2.45) is 0 Å². The van der Waals surface area contributed by atoms with E-state index in [0.29, 0.717) is 27.0 Å². The number of anilines is 1. The van der Waals surface area contributed by atoms with E-state index in [1.807, 2.05) is 0 Å². The fourth-order valence-corrected chi connectivity index (χ4v) is 3.62. The topological polar surface area (TPSA) is 72.5 Å². The Morgan fingerprint density at radius 2 is 1.71 bits per heavy atom. The Morgan fingerprint density at radius 3 is 2.33 bits per heavy atom. The molecule has 0 bridgehead atoms. The molecule has 2 aromatic carbocycles. The average Bonchev–Trinajstić information content (AvgIpc) is 2.49. The van der Waals surface area contributed by atoms with Crippen LogP contribution in [0.15, 0.2) is 42.5 Å². The fourth-order valence-electron chi connectivity index (χ4n) is 2.05. The van der Waals surface area contributed by atoms with Crippen molar-refractivity contribution in [2.45, 2.75) is 5.75 Å². The molecule has 0 aliphatic rings. The lowest BCUT2D eigenvalue weighted by atomic mass is 10.2. The largest absolute Gasteiger partial charge is 0.495 e. The molecular formula is C16H15Cl2NO4S. The minimum Gasteiger partial charge on any atom is -0.495 e. The maximum atomic E-state index is 12.2. The van der Waals surface area contributed by atoms with Crippen LogP contribution in [0.4, 0.5) is 5.69 Å². The predicted molar refractivity (Wildman–Crippen MR) is 95.6 cm³/mol. The van der Waals surface area contributed by atoms with Gasteiger partial charge in [0, 0.05) is 10.0 Å². The highest BCUT2D eigenvalue weighted by Gasteiger charge is 2.19. The van der Waals surface area contributed by atoms with E-state index in [1.165, 1.54) is 13.2 Å². The van der Waals surface area contributed by atoms with Crippen molar-refractivity contribution in [3.8, 4) is 5.75 Å². The molecule has 1 N–H and O–H groups in total. The van der Waals surface area contributed by atoms with E-state index in [2.05, 4.69) is 5.32 Å². The first-order valence-electron chi connectivity index (χ1n) is 6.87. The van der Waals surface area contributed by atoms with Gasteiger partial charge in [0.25, 0.3) is 0 Å². The zero-order valence-corrected chi connectivity index (χ0v) is 15.1. The third-order valence-electron chi connectivity index (χ3n) is 3.09. The summed E-state index contributed by atoms with van der Waals surface area (Å²) in [5.41, 5.74) is 0.879. The van der Waals surface area contributed by atoms with Crippen molar-refractivity contribution < 1.29 is 17.9 Å². The SMILES string of the molecule is COc1ccc(Cl)cc1NC(=O)CS(=O)(=O)Cc1ccc(Cl)cc1. The van der Waals surface area contributed by atoms with Gasteiger partial charge in [0.05, 0.1) is 18.6 Å². The number of benzene rings is 2. The van der Waals surface area contributed by atoms with Gasteiger partial charge in [0.15, 0.2) is 9.84 Å². The molecule has 8 heteroatoms. The van der Waals surface area contributed by atoms with Gasteiger partial charge >= 0.3 is 0 Å². The van der Waals surface area contributed by atoms with E-state index in [-0.39, 0.29) is 5.75 Å². The normalized spacial score (nSPS) is 11.1. The Morgan fingerprint density at radius 1 is 1.08 bits per heavy atom. The van der Waals surface area contributed by atoms with E-state index in [4.69, 9.17) is 27.9 Å². The second-order valence-corrected chi connectivity index (χ2v) is 7.99. The number of halogens is 2. The van der Waals surface area contributed by atoms with E-state index in [0.717, 1.165) is 0 Å². The molecule has 128 valence electrons. The summed E-state index contributed by atoms with van der Waals surface area (Å²) in [6, 6.07) is 11.1. The summed E-state index contributed by atoms with van der Waals surface area (Å²) in [6.45, 7) is 0. The Hall–Kier alpha value is -1.76. The van der Waals surface area contributed by atoms with Gasteiger partial charge in [0.2, 0.25) is 5.91 Å². The third kappa shape index (κ3) is 5.40.